The molecule has 27 heavy (non-hydrogen) atoms. The van der Waals surface area contributed by atoms with Crippen LogP contribution in [-0.4, -0.2) is 62.2 Å². The highest BCUT2D eigenvalue weighted by molar-refractivity contribution is 5.72. The zero-order valence-electron chi connectivity index (χ0n) is 16.7. The molecule has 9 nitrogen and oxygen atoms in total. The number of alkyl carbamates (subject to hydrolysis) is 2. The van der Waals surface area contributed by atoms with Gasteiger partial charge in [0.15, 0.2) is 0 Å². The number of nitrogens with one attached hydrogen (secondary N) is 3. The van der Waals surface area contributed by atoms with Gasteiger partial charge in [-0.3, -0.25) is 4.79 Å². The molecule has 9 heteroatoms. The van der Waals surface area contributed by atoms with Crippen molar-refractivity contribution in [3.05, 3.63) is 0 Å². The lowest BCUT2D eigenvalue weighted by molar-refractivity contribution is -0.119. The lowest BCUT2D eigenvalue weighted by Gasteiger charge is -2.46. The van der Waals surface area contributed by atoms with Gasteiger partial charge in [0.05, 0.1) is 13.2 Å². The highest BCUT2D eigenvalue weighted by atomic mass is 16.6. The van der Waals surface area contributed by atoms with Gasteiger partial charge in [-0.05, 0) is 30.1 Å². The third-order valence-corrected chi connectivity index (χ3v) is 4.46. The molecule has 0 radical (unpaired) electrons. The molecule has 3 amide bonds. The average Bonchev–Trinajstić information content (AvgIpc) is 2.53. The Balaban J connectivity index is 2.50. The predicted octanol–water partition coefficient (Wildman–Crippen LogP) is 1.15. The zero-order chi connectivity index (χ0) is 20.5. The summed E-state index contributed by atoms with van der Waals surface area (Å²) in [6.45, 7) is 8.27. The van der Waals surface area contributed by atoms with Crippen molar-refractivity contribution < 1.29 is 29.0 Å². The maximum atomic E-state index is 11.9. The molecule has 0 spiro atoms. The van der Waals surface area contributed by atoms with Gasteiger partial charge in [-0.1, -0.05) is 20.8 Å². The third-order valence-electron chi connectivity index (χ3n) is 4.46. The molecule has 2 unspecified atom stereocenters. The fraction of sp³-hybridized carbons (Fsp3) is 0.833. The molecular formula is C18H33N3O6. The molecule has 0 aliphatic heterocycles. The van der Waals surface area contributed by atoms with Crippen LogP contribution in [0.4, 0.5) is 9.59 Å². The van der Waals surface area contributed by atoms with E-state index >= 15 is 0 Å². The van der Waals surface area contributed by atoms with Crippen LogP contribution in [0, 0.1) is 10.8 Å². The van der Waals surface area contributed by atoms with E-state index in [1.54, 1.807) is 0 Å². The molecule has 0 aromatic carbocycles. The number of carbonyl (C=O) groups excluding carboxylic acids is 3. The Labute approximate surface area is 160 Å². The molecule has 1 fully saturated rings. The fourth-order valence-electron chi connectivity index (χ4n) is 3.92. The second-order valence-electron chi connectivity index (χ2n) is 8.23. The first-order valence-electron chi connectivity index (χ1n) is 9.24. The minimum Gasteiger partial charge on any atom is -0.448 e. The average molecular weight is 387 g/mol. The quantitative estimate of drug-likeness (QED) is 0.463. The number of carbonyl (C=O) groups is 3. The lowest BCUT2D eigenvalue weighted by Crippen LogP contribution is -2.50. The highest BCUT2D eigenvalue weighted by Crippen LogP contribution is 2.45. The molecule has 0 heterocycles. The van der Waals surface area contributed by atoms with Crippen molar-refractivity contribution in [2.45, 2.75) is 53.0 Å². The van der Waals surface area contributed by atoms with Gasteiger partial charge in [0, 0.05) is 19.5 Å². The monoisotopic (exact) mass is 387 g/mol. The van der Waals surface area contributed by atoms with Crippen LogP contribution < -0.4 is 16.0 Å². The number of aliphatic hydroxyl groups excluding tert-OH is 1. The molecule has 0 aromatic heterocycles. The van der Waals surface area contributed by atoms with E-state index in [9.17, 15) is 14.4 Å². The Bertz CT molecular complexity index is 525. The molecule has 2 atom stereocenters. The lowest BCUT2D eigenvalue weighted by atomic mass is 9.62. The van der Waals surface area contributed by atoms with E-state index in [1.807, 2.05) is 0 Å². The van der Waals surface area contributed by atoms with Crippen LogP contribution in [0.2, 0.25) is 0 Å². The minimum absolute atomic E-state index is 0.0150. The molecule has 1 aliphatic rings. The number of amides is 3. The highest BCUT2D eigenvalue weighted by Gasteiger charge is 2.42. The van der Waals surface area contributed by atoms with E-state index in [0.29, 0.717) is 13.0 Å². The summed E-state index contributed by atoms with van der Waals surface area (Å²) in [5, 5.41) is 16.9. The van der Waals surface area contributed by atoms with Crippen molar-refractivity contribution in [3.8, 4) is 0 Å². The van der Waals surface area contributed by atoms with Crippen molar-refractivity contribution in [3.63, 3.8) is 0 Å². The number of hydrogen-bond donors (Lipinski definition) is 4. The number of aliphatic hydroxyl groups is 1. The van der Waals surface area contributed by atoms with E-state index in [1.165, 1.54) is 6.92 Å². The van der Waals surface area contributed by atoms with E-state index in [0.717, 1.165) is 12.8 Å². The fourth-order valence-corrected chi connectivity index (χ4v) is 3.92. The van der Waals surface area contributed by atoms with Crippen molar-refractivity contribution >= 4 is 18.1 Å². The first-order chi connectivity index (χ1) is 12.6. The molecule has 156 valence electrons. The summed E-state index contributed by atoms with van der Waals surface area (Å²) in [5.41, 5.74) is -0.230. The van der Waals surface area contributed by atoms with Gasteiger partial charge >= 0.3 is 12.2 Å². The van der Waals surface area contributed by atoms with Crippen LogP contribution in [0.5, 0.6) is 0 Å². The Kier molecular flexibility index (Phi) is 8.81. The minimum atomic E-state index is -0.542. The summed E-state index contributed by atoms with van der Waals surface area (Å²) < 4.78 is 9.92. The van der Waals surface area contributed by atoms with Crippen LogP contribution in [0.25, 0.3) is 0 Å². The van der Waals surface area contributed by atoms with E-state index in [4.69, 9.17) is 14.6 Å². The van der Waals surface area contributed by atoms with Gasteiger partial charge in [0.25, 0.3) is 0 Å². The van der Waals surface area contributed by atoms with Crippen molar-refractivity contribution in [2.75, 3.05) is 32.9 Å². The molecular weight excluding hydrogens is 354 g/mol. The van der Waals surface area contributed by atoms with Crippen molar-refractivity contribution in [1.29, 1.82) is 0 Å². The van der Waals surface area contributed by atoms with Crippen LogP contribution in [0.1, 0.15) is 47.0 Å². The van der Waals surface area contributed by atoms with Gasteiger partial charge in [-0.15, -0.1) is 0 Å². The maximum absolute atomic E-state index is 11.9. The second kappa shape index (κ2) is 10.3. The SMILES string of the molecule is CC(=O)NCCOC(=O)NCC1(C)CC(NC(=O)OCCO)CC(C)(C)C1. The molecule has 1 saturated carbocycles. The zero-order valence-corrected chi connectivity index (χ0v) is 16.7. The Morgan fingerprint density at radius 1 is 1.04 bits per heavy atom. The maximum Gasteiger partial charge on any atom is 0.407 e. The predicted molar refractivity (Wildman–Crippen MR) is 99.1 cm³/mol. The normalized spacial score (nSPS) is 23.8. The van der Waals surface area contributed by atoms with Gasteiger partial charge in [-0.2, -0.15) is 0 Å². The summed E-state index contributed by atoms with van der Waals surface area (Å²) in [4.78, 5) is 34.4. The summed E-state index contributed by atoms with van der Waals surface area (Å²) >= 11 is 0. The van der Waals surface area contributed by atoms with E-state index in [2.05, 4.69) is 36.7 Å². The summed E-state index contributed by atoms with van der Waals surface area (Å²) in [6.07, 6.45) is 1.31. The Hall–Kier alpha value is -2.03. The molecule has 1 rings (SSSR count). The van der Waals surface area contributed by atoms with Gasteiger partial charge in [0.1, 0.15) is 13.2 Å². The standard InChI is InChI=1S/C18H33N3O6/c1-13(23)19-5-7-26-15(24)20-12-18(4)10-14(9-17(2,3)11-18)21-16(25)27-8-6-22/h14,22H,5-12H2,1-4H3,(H,19,23)(H,20,24)(H,21,25). The molecule has 0 bridgehead atoms. The third kappa shape index (κ3) is 9.46. The first-order valence-corrected chi connectivity index (χ1v) is 9.24. The summed E-state index contributed by atoms with van der Waals surface area (Å²) in [6, 6.07) is -0.0810. The van der Waals surface area contributed by atoms with Crippen LogP contribution in [-0.2, 0) is 14.3 Å². The number of rotatable bonds is 8. The Morgan fingerprint density at radius 2 is 1.70 bits per heavy atom. The van der Waals surface area contributed by atoms with Gasteiger partial charge < -0.3 is 30.5 Å². The van der Waals surface area contributed by atoms with E-state index < -0.39 is 12.2 Å². The van der Waals surface area contributed by atoms with Gasteiger partial charge in [0.2, 0.25) is 5.91 Å². The smallest absolute Gasteiger partial charge is 0.407 e. The van der Waals surface area contributed by atoms with Crippen LogP contribution in [0.3, 0.4) is 0 Å². The molecule has 1 aliphatic carbocycles. The van der Waals surface area contributed by atoms with Crippen molar-refractivity contribution in [1.82, 2.24) is 16.0 Å². The molecule has 0 aromatic rings. The summed E-state index contributed by atoms with van der Waals surface area (Å²) in [7, 11) is 0. The first kappa shape index (κ1) is 23.0. The largest absolute Gasteiger partial charge is 0.448 e. The summed E-state index contributed by atoms with van der Waals surface area (Å²) in [5.74, 6) is -0.174. The molecule has 4 N–H and O–H groups in total. The number of hydrogen-bond acceptors (Lipinski definition) is 6. The topological polar surface area (TPSA) is 126 Å². The van der Waals surface area contributed by atoms with Gasteiger partial charge in [-0.25, -0.2) is 9.59 Å². The van der Waals surface area contributed by atoms with Crippen molar-refractivity contribution in [2.24, 2.45) is 10.8 Å². The van der Waals surface area contributed by atoms with E-state index in [-0.39, 0.29) is 49.1 Å². The Morgan fingerprint density at radius 3 is 2.33 bits per heavy atom. The molecule has 0 saturated heterocycles. The van der Waals surface area contributed by atoms with Crippen LogP contribution >= 0.6 is 0 Å². The second-order valence-corrected chi connectivity index (χ2v) is 8.23. The number of ether oxygens (including phenoxy) is 2. The van der Waals surface area contributed by atoms with Crippen LogP contribution in [0.15, 0.2) is 0 Å².